The number of aromatic amines is 1. The predicted octanol–water partition coefficient (Wildman–Crippen LogP) is 5.91. The average Bonchev–Trinajstić information content (AvgIpc) is 3.01. The van der Waals surface area contributed by atoms with E-state index in [0.717, 1.165) is 32.6 Å². The van der Waals surface area contributed by atoms with Gasteiger partial charge in [-0.05, 0) is 48.0 Å². The molecule has 0 aliphatic rings. The smallest absolute Gasteiger partial charge is 0.182 e. The SMILES string of the molecule is Cc1ccc2c(c1)[nH]c(=S)n2C=C(c1ccccc1)S(=O)Cc1ccccc1. The van der Waals surface area contributed by atoms with E-state index in [1.807, 2.05) is 84.4 Å². The standard InChI is InChI=1S/C23H20N2OS2/c1-17-12-13-21-20(14-17)24-23(27)25(21)15-22(19-10-6-3-7-11-19)28(26)16-18-8-4-2-5-9-18/h2-15H,16H2,1H3,(H,24,27). The van der Waals surface area contributed by atoms with Crippen LogP contribution < -0.4 is 0 Å². The van der Waals surface area contributed by atoms with Gasteiger partial charge in [0.05, 0.1) is 32.5 Å². The Morgan fingerprint density at radius 2 is 1.71 bits per heavy atom. The van der Waals surface area contributed by atoms with Crippen LogP contribution in [0.1, 0.15) is 16.7 Å². The van der Waals surface area contributed by atoms with Crippen LogP contribution in [-0.4, -0.2) is 13.8 Å². The van der Waals surface area contributed by atoms with Crippen molar-refractivity contribution in [2.75, 3.05) is 0 Å². The number of benzene rings is 3. The Labute approximate surface area is 171 Å². The summed E-state index contributed by atoms with van der Waals surface area (Å²) in [6, 6.07) is 25.9. The van der Waals surface area contributed by atoms with E-state index in [9.17, 15) is 4.21 Å². The van der Waals surface area contributed by atoms with Crippen molar-refractivity contribution in [3.8, 4) is 0 Å². The van der Waals surface area contributed by atoms with Crippen LogP contribution in [-0.2, 0) is 16.6 Å². The first kappa shape index (κ1) is 18.6. The van der Waals surface area contributed by atoms with Crippen molar-refractivity contribution in [2.45, 2.75) is 12.7 Å². The van der Waals surface area contributed by atoms with Gasteiger partial charge in [-0.1, -0.05) is 66.7 Å². The number of hydrogen-bond donors (Lipinski definition) is 1. The minimum absolute atomic E-state index is 0.455. The summed E-state index contributed by atoms with van der Waals surface area (Å²) in [7, 11) is -1.22. The van der Waals surface area contributed by atoms with Crippen molar-refractivity contribution < 1.29 is 4.21 Å². The molecule has 4 aromatic rings. The van der Waals surface area contributed by atoms with Gasteiger partial charge < -0.3 is 4.98 Å². The monoisotopic (exact) mass is 404 g/mol. The van der Waals surface area contributed by atoms with Crippen molar-refractivity contribution in [3.63, 3.8) is 0 Å². The molecule has 0 amide bonds. The Bertz CT molecular complexity index is 1220. The van der Waals surface area contributed by atoms with Crippen LogP contribution >= 0.6 is 12.2 Å². The zero-order valence-electron chi connectivity index (χ0n) is 15.5. The van der Waals surface area contributed by atoms with Crippen LogP contribution in [0.25, 0.3) is 22.1 Å². The van der Waals surface area contributed by atoms with E-state index in [1.54, 1.807) is 0 Å². The van der Waals surface area contributed by atoms with E-state index in [4.69, 9.17) is 12.2 Å². The summed E-state index contributed by atoms with van der Waals surface area (Å²) in [6.07, 6.45) is 1.91. The summed E-state index contributed by atoms with van der Waals surface area (Å²) in [5.74, 6) is 0.455. The first-order chi connectivity index (χ1) is 13.6. The molecule has 1 unspecified atom stereocenters. The number of imidazole rings is 1. The molecule has 3 nitrogen and oxygen atoms in total. The van der Waals surface area contributed by atoms with E-state index in [-0.39, 0.29) is 0 Å². The lowest BCUT2D eigenvalue weighted by molar-refractivity contribution is 0.688. The van der Waals surface area contributed by atoms with Crippen molar-refractivity contribution in [2.24, 2.45) is 0 Å². The fraction of sp³-hybridized carbons (Fsp3) is 0.0870. The van der Waals surface area contributed by atoms with Gasteiger partial charge in [0.25, 0.3) is 0 Å². The minimum Gasteiger partial charge on any atom is -0.330 e. The molecule has 1 N–H and O–H groups in total. The molecule has 0 spiro atoms. The molecule has 0 bridgehead atoms. The summed E-state index contributed by atoms with van der Waals surface area (Å²) in [5, 5.41) is 0. The van der Waals surface area contributed by atoms with Gasteiger partial charge in [0.15, 0.2) is 4.77 Å². The van der Waals surface area contributed by atoms with E-state index >= 15 is 0 Å². The van der Waals surface area contributed by atoms with Gasteiger partial charge in [0.2, 0.25) is 0 Å². The molecule has 0 saturated heterocycles. The van der Waals surface area contributed by atoms with Crippen LogP contribution in [0.4, 0.5) is 0 Å². The normalized spacial score (nSPS) is 13.0. The zero-order valence-corrected chi connectivity index (χ0v) is 17.1. The number of hydrogen-bond acceptors (Lipinski definition) is 2. The summed E-state index contributed by atoms with van der Waals surface area (Å²) in [5.41, 5.74) is 5.08. The maximum atomic E-state index is 13.3. The van der Waals surface area contributed by atoms with E-state index in [0.29, 0.717) is 10.5 Å². The van der Waals surface area contributed by atoms with Gasteiger partial charge in [-0.15, -0.1) is 0 Å². The second kappa shape index (κ2) is 8.09. The minimum atomic E-state index is -1.22. The van der Waals surface area contributed by atoms with Crippen LogP contribution in [0, 0.1) is 11.7 Å². The molecule has 0 aliphatic heterocycles. The molecule has 28 heavy (non-hydrogen) atoms. The zero-order chi connectivity index (χ0) is 19.5. The largest absolute Gasteiger partial charge is 0.330 e. The second-order valence-corrected chi connectivity index (χ2v) is 8.46. The Morgan fingerprint density at radius 1 is 1.04 bits per heavy atom. The van der Waals surface area contributed by atoms with Crippen LogP contribution in [0.2, 0.25) is 0 Å². The lowest BCUT2D eigenvalue weighted by atomic mass is 10.2. The van der Waals surface area contributed by atoms with E-state index < -0.39 is 10.8 Å². The Balaban J connectivity index is 1.83. The second-order valence-electron chi connectivity index (χ2n) is 6.66. The molecule has 1 atom stereocenters. The lowest BCUT2D eigenvalue weighted by Crippen LogP contribution is -2.01. The lowest BCUT2D eigenvalue weighted by Gasteiger charge is -2.09. The number of fused-ring (bicyclic) bond motifs is 1. The van der Waals surface area contributed by atoms with Crippen LogP contribution in [0.5, 0.6) is 0 Å². The van der Waals surface area contributed by atoms with Gasteiger partial charge in [-0.2, -0.15) is 0 Å². The highest BCUT2D eigenvalue weighted by Gasteiger charge is 2.13. The summed E-state index contributed by atoms with van der Waals surface area (Å²) in [6.45, 7) is 2.05. The number of rotatable bonds is 5. The third-order valence-electron chi connectivity index (χ3n) is 4.56. The van der Waals surface area contributed by atoms with Crippen molar-refractivity contribution in [1.29, 1.82) is 0 Å². The molecule has 0 fully saturated rings. The van der Waals surface area contributed by atoms with E-state index in [2.05, 4.69) is 17.1 Å². The quantitative estimate of drug-likeness (QED) is 0.420. The highest BCUT2D eigenvalue weighted by Crippen LogP contribution is 2.25. The number of aryl methyl sites for hydroxylation is 1. The molecule has 5 heteroatoms. The summed E-state index contributed by atoms with van der Waals surface area (Å²) < 4.78 is 15.8. The Kier molecular flexibility index (Phi) is 5.37. The average molecular weight is 405 g/mol. The third kappa shape index (κ3) is 3.91. The van der Waals surface area contributed by atoms with Gasteiger partial charge >= 0.3 is 0 Å². The van der Waals surface area contributed by atoms with Crippen molar-refractivity contribution in [3.05, 3.63) is 100 Å². The van der Waals surface area contributed by atoms with E-state index in [1.165, 1.54) is 0 Å². The highest BCUT2D eigenvalue weighted by atomic mass is 32.2. The summed E-state index contributed by atoms with van der Waals surface area (Å²) in [4.78, 5) is 4.00. The van der Waals surface area contributed by atoms with Gasteiger partial charge in [-0.3, -0.25) is 8.78 Å². The van der Waals surface area contributed by atoms with Crippen LogP contribution in [0.15, 0.2) is 78.9 Å². The third-order valence-corrected chi connectivity index (χ3v) is 6.29. The number of aromatic nitrogens is 2. The molecule has 0 aliphatic carbocycles. The number of H-pyrrole nitrogens is 1. The van der Waals surface area contributed by atoms with Gasteiger partial charge in [0.1, 0.15) is 0 Å². The first-order valence-electron chi connectivity index (χ1n) is 9.02. The fourth-order valence-electron chi connectivity index (χ4n) is 3.16. The molecule has 4 rings (SSSR count). The van der Waals surface area contributed by atoms with Crippen molar-refractivity contribution in [1.82, 2.24) is 9.55 Å². The molecule has 3 aromatic carbocycles. The number of nitrogens with one attached hydrogen (secondary N) is 1. The molecule has 0 radical (unpaired) electrons. The predicted molar refractivity (Wildman–Crippen MR) is 121 cm³/mol. The number of nitrogens with zero attached hydrogens (tertiary/aromatic N) is 1. The molecule has 140 valence electrons. The maximum Gasteiger partial charge on any atom is 0.182 e. The Hall–Kier alpha value is -2.76. The first-order valence-corrected chi connectivity index (χ1v) is 10.7. The Morgan fingerprint density at radius 3 is 2.43 bits per heavy atom. The molecule has 1 heterocycles. The van der Waals surface area contributed by atoms with Gasteiger partial charge in [0, 0.05) is 6.20 Å². The molecule has 0 saturated carbocycles. The molecule has 1 aromatic heterocycles. The summed E-state index contributed by atoms with van der Waals surface area (Å²) >= 11 is 5.54. The molecular formula is C23H20N2OS2. The molecular weight excluding hydrogens is 384 g/mol. The van der Waals surface area contributed by atoms with Crippen molar-refractivity contribution >= 4 is 45.2 Å². The van der Waals surface area contributed by atoms with Gasteiger partial charge in [-0.25, -0.2) is 0 Å². The van der Waals surface area contributed by atoms with Crippen LogP contribution in [0.3, 0.4) is 0 Å². The topological polar surface area (TPSA) is 37.8 Å². The fourth-order valence-corrected chi connectivity index (χ4v) is 4.69. The maximum absolute atomic E-state index is 13.3. The highest BCUT2D eigenvalue weighted by molar-refractivity contribution is 7.94.